The lowest BCUT2D eigenvalue weighted by Gasteiger charge is -2.17. The van der Waals surface area contributed by atoms with Gasteiger partial charge in [-0.25, -0.2) is 4.79 Å². The van der Waals surface area contributed by atoms with Crippen molar-refractivity contribution in [2.24, 2.45) is 0 Å². The van der Waals surface area contributed by atoms with Crippen molar-refractivity contribution in [1.29, 1.82) is 0 Å². The Morgan fingerprint density at radius 2 is 1.46 bits per heavy atom. The van der Waals surface area contributed by atoms with Crippen LogP contribution < -0.4 is 10.6 Å². The fraction of sp³-hybridized carbons (Fsp3) is 0.0500. The minimum Gasteiger partial charge on any atom is -0.465 e. The maximum atomic E-state index is 12.6. The predicted octanol–water partition coefficient (Wildman–Crippen LogP) is 3.70. The van der Waals surface area contributed by atoms with Gasteiger partial charge in [0, 0.05) is 18.1 Å². The summed E-state index contributed by atoms with van der Waals surface area (Å²) in [5, 5.41) is 14.0. The molecule has 1 heterocycles. The maximum Gasteiger partial charge on any atom is 0.405 e. The van der Waals surface area contributed by atoms with Crippen molar-refractivity contribution in [3.63, 3.8) is 0 Å². The van der Waals surface area contributed by atoms with Gasteiger partial charge in [0.15, 0.2) is 0 Å². The summed E-state index contributed by atoms with van der Waals surface area (Å²) in [5.74, 6) is -0.449. The summed E-state index contributed by atoms with van der Waals surface area (Å²) in [7, 11) is 0. The first kappa shape index (κ1) is 17.2. The van der Waals surface area contributed by atoms with Crippen molar-refractivity contribution in [2.75, 3.05) is 5.32 Å². The minimum atomic E-state index is -1.26. The summed E-state index contributed by atoms with van der Waals surface area (Å²) < 4.78 is 0. The van der Waals surface area contributed by atoms with Crippen molar-refractivity contribution < 1.29 is 14.7 Å². The molecule has 3 rings (SSSR count). The number of rotatable bonds is 5. The van der Waals surface area contributed by atoms with Gasteiger partial charge in [-0.15, -0.1) is 0 Å². The number of carbonyl (C=O) groups is 2. The predicted molar refractivity (Wildman–Crippen MR) is 98.6 cm³/mol. The topological polar surface area (TPSA) is 91.3 Å². The second-order valence-corrected chi connectivity index (χ2v) is 5.60. The van der Waals surface area contributed by atoms with Gasteiger partial charge < -0.3 is 15.7 Å². The molecular weight excluding hydrogens is 330 g/mol. The molecule has 6 nitrogen and oxygen atoms in total. The van der Waals surface area contributed by atoms with E-state index < -0.39 is 18.0 Å². The highest BCUT2D eigenvalue weighted by Crippen LogP contribution is 2.22. The molecule has 26 heavy (non-hydrogen) atoms. The number of aromatic nitrogens is 1. The number of nitrogens with zero attached hydrogens (tertiary/aromatic N) is 1. The van der Waals surface area contributed by atoms with Gasteiger partial charge >= 0.3 is 6.09 Å². The first-order chi connectivity index (χ1) is 12.6. The zero-order valence-corrected chi connectivity index (χ0v) is 13.8. The van der Waals surface area contributed by atoms with Crippen LogP contribution >= 0.6 is 0 Å². The zero-order chi connectivity index (χ0) is 18.4. The standard InChI is InChI=1S/C20H17N3O3/c24-19(18(23-20(25)26)16-4-2-1-3-5-16)22-17-8-6-14(7-9-17)15-10-12-21-13-11-15/h1-13,18,23H,(H,22,24)(H,25,26)/t18-/m1/s1. The summed E-state index contributed by atoms with van der Waals surface area (Å²) in [6.07, 6.45) is 2.17. The zero-order valence-electron chi connectivity index (χ0n) is 13.8. The van der Waals surface area contributed by atoms with E-state index >= 15 is 0 Å². The molecular formula is C20H17N3O3. The Labute approximate surface area is 150 Å². The second-order valence-electron chi connectivity index (χ2n) is 5.60. The molecule has 0 unspecified atom stereocenters. The van der Waals surface area contributed by atoms with Crippen molar-refractivity contribution in [2.45, 2.75) is 6.04 Å². The summed E-state index contributed by atoms with van der Waals surface area (Å²) in [4.78, 5) is 27.6. The minimum absolute atomic E-state index is 0.449. The lowest BCUT2D eigenvalue weighted by atomic mass is 10.1. The average molecular weight is 347 g/mol. The molecule has 3 N–H and O–H groups in total. The highest BCUT2D eigenvalue weighted by Gasteiger charge is 2.22. The number of nitrogens with one attached hydrogen (secondary N) is 2. The van der Waals surface area contributed by atoms with Crippen molar-refractivity contribution >= 4 is 17.7 Å². The third-order valence-electron chi connectivity index (χ3n) is 3.83. The van der Waals surface area contributed by atoms with Crippen LogP contribution in [0.1, 0.15) is 11.6 Å². The van der Waals surface area contributed by atoms with E-state index in [-0.39, 0.29) is 0 Å². The van der Waals surface area contributed by atoms with Gasteiger partial charge in [0.2, 0.25) is 0 Å². The molecule has 0 bridgehead atoms. The first-order valence-corrected chi connectivity index (χ1v) is 7.99. The molecule has 0 aliphatic carbocycles. The molecule has 1 aromatic heterocycles. The van der Waals surface area contributed by atoms with E-state index in [0.29, 0.717) is 11.3 Å². The quantitative estimate of drug-likeness (QED) is 0.656. The number of amides is 2. The van der Waals surface area contributed by atoms with E-state index in [1.165, 1.54) is 0 Å². The second kappa shape index (κ2) is 7.94. The number of benzene rings is 2. The Morgan fingerprint density at radius 1 is 0.846 bits per heavy atom. The van der Waals surface area contributed by atoms with Crippen molar-refractivity contribution in [3.05, 3.63) is 84.7 Å². The lowest BCUT2D eigenvalue weighted by Crippen LogP contribution is -2.36. The summed E-state index contributed by atoms with van der Waals surface area (Å²) in [6.45, 7) is 0. The SMILES string of the molecule is O=C(O)N[C@@H](C(=O)Nc1ccc(-c2ccncc2)cc1)c1ccccc1. The number of carbonyl (C=O) groups excluding carboxylic acids is 1. The van der Waals surface area contributed by atoms with Crippen molar-refractivity contribution in [3.8, 4) is 11.1 Å². The van der Waals surface area contributed by atoms with E-state index in [1.54, 1.807) is 54.9 Å². The summed E-state index contributed by atoms with van der Waals surface area (Å²) in [5.41, 5.74) is 3.17. The number of anilines is 1. The fourth-order valence-corrected chi connectivity index (χ4v) is 2.57. The average Bonchev–Trinajstić information content (AvgIpc) is 2.68. The van der Waals surface area contributed by atoms with Gasteiger partial charge in [-0.1, -0.05) is 42.5 Å². The van der Waals surface area contributed by atoms with Gasteiger partial charge in [0.05, 0.1) is 0 Å². The van der Waals surface area contributed by atoms with E-state index in [4.69, 9.17) is 5.11 Å². The molecule has 3 aromatic rings. The molecule has 0 spiro atoms. The highest BCUT2D eigenvalue weighted by atomic mass is 16.4. The van der Waals surface area contributed by atoms with Crippen LogP contribution in [-0.4, -0.2) is 22.1 Å². The van der Waals surface area contributed by atoms with Gasteiger partial charge in [0.25, 0.3) is 5.91 Å². The van der Waals surface area contributed by atoms with E-state index in [2.05, 4.69) is 15.6 Å². The number of pyridine rings is 1. The van der Waals surface area contributed by atoms with Crippen LogP contribution in [0.25, 0.3) is 11.1 Å². The fourth-order valence-electron chi connectivity index (χ4n) is 2.57. The monoisotopic (exact) mass is 347 g/mol. The molecule has 2 aromatic carbocycles. The third kappa shape index (κ3) is 4.24. The summed E-state index contributed by atoms with van der Waals surface area (Å²) >= 11 is 0. The largest absolute Gasteiger partial charge is 0.465 e. The van der Waals surface area contributed by atoms with Crippen LogP contribution in [-0.2, 0) is 4.79 Å². The van der Waals surface area contributed by atoms with Crippen LogP contribution in [0, 0.1) is 0 Å². The van der Waals surface area contributed by atoms with E-state index in [0.717, 1.165) is 11.1 Å². The number of hydrogen-bond acceptors (Lipinski definition) is 3. The Bertz CT molecular complexity index is 881. The Kier molecular flexibility index (Phi) is 5.24. The molecule has 0 fully saturated rings. The Morgan fingerprint density at radius 3 is 2.08 bits per heavy atom. The smallest absolute Gasteiger partial charge is 0.405 e. The third-order valence-corrected chi connectivity index (χ3v) is 3.83. The Hall–Kier alpha value is -3.67. The van der Waals surface area contributed by atoms with Crippen molar-refractivity contribution in [1.82, 2.24) is 10.3 Å². The van der Waals surface area contributed by atoms with Gasteiger partial charge in [0.1, 0.15) is 6.04 Å². The van der Waals surface area contributed by atoms with Crippen LogP contribution in [0.2, 0.25) is 0 Å². The molecule has 2 amide bonds. The molecule has 0 radical (unpaired) electrons. The molecule has 0 saturated heterocycles. The highest BCUT2D eigenvalue weighted by molar-refractivity contribution is 5.97. The van der Waals surface area contributed by atoms with E-state index in [1.807, 2.05) is 24.3 Å². The van der Waals surface area contributed by atoms with Gasteiger partial charge in [-0.2, -0.15) is 0 Å². The Balaban J connectivity index is 1.76. The van der Waals surface area contributed by atoms with Gasteiger partial charge in [-0.05, 0) is 41.0 Å². The van der Waals surface area contributed by atoms with Crippen LogP contribution in [0.15, 0.2) is 79.1 Å². The summed E-state index contributed by atoms with van der Waals surface area (Å²) in [6, 6.07) is 18.8. The molecule has 1 atom stereocenters. The van der Waals surface area contributed by atoms with Crippen LogP contribution in [0.5, 0.6) is 0 Å². The molecule has 130 valence electrons. The lowest BCUT2D eigenvalue weighted by molar-refractivity contribution is -0.118. The molecule has 0 aliphatic rings. The van der Waals surface area contributed by atoms with Crippen LogP contribution in [0.3, 0.4) is 0 Å². The maximum absolute atomic E-state index is 12.6. The normalized spacial score (nSPS) is 11.4. The first-order valence-electron chi connectivity index (χ1n) is 7.99. The molecule has 6 heteroatoms. The molecule has 0 saturated carbocycles. The molecule has 0 aliphatic heterocycles. The number of hydrogen-bond donors (Lipinski definition) is 3. The van der Waals surface area contributed by atoms with Crippen LogP contribution in [0.4, 0.5) is 10.5 Å². The van der Waals surface area contributed by atoms with E-state index in [9.17, 15) is 9.59 Å². The number of carboxylic acid groups (broad SMARTS) is 1. The van der Waals surface area contributed by atoms with Gasteiger partial charge in [-0.3, -0.25) is 9.78 Å².